The molecular formula is C21H19ClN2O4. The molecule has 0 aliphatic carbocycles. The van der Waals surface area contributed by atoms with E-state index in [9.17, 15) is 9.59 Å². The van der Waals surface area contributed by atoms with Crippen molar-refractivity contribution in [1.82, 2.24) is 10.2 Å². The summed E-state index contributed by atoms with van der Waals surface area (Å²) in [7, 11) is 0. The van der Waals surface area contributed by atoms with Crippen LogP contribution in [0.15, 0.2) is 59.2 Å². The number of ether oxygens (including phenoxy) is 1. The van der Waals surface area contributed by atoms with Crippen molar-refractivity contribution in [2.75, 3.05) is 6.54 Å². The van der Waals surface area contributed by atoms with E-state index in [1.165, 1.54) is 0 Å². The Balaban J connectivity index is 1.32. The lowest BCUT2D eigenvalue weighted by Crippen LogP contribution is -2.43. The van der Waals surface area contributed by atoms with Gasteiger partial charge in [0.25, 0.3) is 0 Å². The Hall–Kier alpha value is -2.57. The molecule has 7 heteroatoms. The number of nitrogens with zero attached hydrogens (tertiary/aromatic N) is 1. The highest BCUT2D eigenvalue weighted by molar-refractivity contribution is 6.30. The predicted molar refractivity (Wildman–Crippen MR) is 101 cm³/mol. The highest BCUT2D eigenvalue weighted by Crippen LogP contribution is 2.52. The van der Waals surface area contributed by atoms with Gasteiger partial charge in [0.2, 0.25) is 11.8 Å². The minimum absolute atomic E-state index is 0.0603. The van der Waals surface area contributed by atoms with Gasteiger partial charge in [0.15, 0.2) is 0 Å². The molecule has 0 unspecified atom stereocenters. The summed E-state index contributed by atoms with van der Waals surface area (Å²) in [6.45, 7) is 1.20. The largest absolute Gasteiger partial charge is 0.467 e. The first-order valence-electron chi connectivity index (χ1n) is 9.26. The summed E-state index contributed by atoms with van der Waals surface area (Å²) in [6, 6.07) is 10.9. The van der Waals surface area contributed by atoms with Gasteiger partial charge < -0.3 is 19.4 Å². The van der Waals surface area contributed by atoms with Crippen molar-refractivity contribution in [3.8, 4) is 0 Å². The fourth-order valence-electron chi connectivity index (χ4n) is 4.51. The summed E-state index contributed by atoms with van der Waals surface area (Å²) in [6.07, 6.45) is 5.09. The van der Waals surface area contributed by atoms with Crippen LogP contribution in [-0.2, 0) is 27.4 Å². The Bertz CT molecular complexity index is 940. The lowest BCUT2D eigenvalue weighted by atomic mass is 9.77. The Labute approximate surface area is 167 Å². The molecule has 1 N–H and O–H groups in total. The summed E-state index contributed by atoms with van der Waals surface area (Å²) in [5, 5.41) is 3.60. The van der Waals surface area contributed by atoms with Crippen LogP contribution < -0.4 is 5.32 Å². The van der Waals surface area contributed by atoms with E-state index in [1.54, 1.807) is 29.4 Å². The molecule has 2 aromatic rings. The smallest absolute Gasteiger partial charge is 0.230 e. The number of carbonyl (C=O) groups excluding carboxylic acids is 2. The molecule has 3 aliphatic rings. The second-order valence-electron chi connectivity index (χ2n) is 7.52. The maximum atomic E-state index is 13.1. The zero-order chi connectivity index (χ0) is 19.3. The van der Waals surface area contributed by atoms with E-state index in [4.69, 9.17) is 20.8 Å². The number of benzene rings is 1. The number of fused-ring (bicyclic) bond motifs is 1. The quantitative estimate of drug-likeness (QED) is 0.785. The molecule has 0 saturated carbocycles. The third kappa shape index (κ3) is 2.75. The first-order valence-corrected chi connectivity index (χ1v) is 9.64. The summed E-state index contributed by atoms with van der Waals surface area (Å²) < 4.78 is 11.5. The highest BCUT2D eigenvalue weighted by atomic mass is 35.5. The third-order valence-corrected chi connectivity index (χ3v) is 6.04. The Morgan fingerprint density at radius 3 is 2.86 bits per heavy atom. The third-order valence-electron chi connectivity index (χ3n) is 5.79. The van der Waals surface area contributed by atoms with E-state index in [0.717, 1.165) is 5.56 Å². The van der Waals surface area contributed by atoms with Crippen molar-refractivity contribution in [3.05, 3.63) is 71.2 Å². The average Bonchev–Trinajstić information content (AvgIpc) is 3.45. The molecule has 1 spiro atoms. The molecule has 6 nitrogen and oxygen atoms in total. The average molecular weight is 399 g/mol. The van der Waals surface area contributed by atoms with Gasteiger partial charge in [0, 0.05) is 11.6 Å². The van der Waals surface area contributed by atoms with Crippen LogP contribution in [0, 0.1) is 11.8 Å². The summed E-state index contributed by atoms with van der Waals surface area (Å²) in [5.74, 6) is -0.527. The zero-order valence-corrected chi connectivity index (χ0v) is 15.8. The topological polar surface area (TPSA) is 71.8 Å². The lowest BCUT2D eigenvalue weighted by Gasteiger charge is -2.23. The molecule has 2 amide bonds. The van der Waals surface area contributed by atoms with E-state index < -0.39 is 17.4 Å². The fraction of sp³-hybridized carbons (Fsp3) is 0.333. The van der Waals surface area contributed by atoms with Crippen molar-refractivity contribution < 1.29 is 18.7 Å². The van der Waals surface area contributed by atoms with Gasteiger partial charge >= 0.3 is 0 Å². The molecule has 0 radical (unpaired) electrons. The summed E-state index contributed by atoms with van der Waals surface area (Å²) in [5.41, 5.74) is 0.237. The number of likely N-dealkylation sites (tertiary alicyclic amines) is 1. The Morgan fingerprint density at radius 1 is 1.29 bits per heavy atom. The number of hydrogen-bond donors (Lipinski definition) is 1. The van der Waals surface area contributed by atoms with E-state index in [0.29, 0.717) is 30.4 Å². The number of halogens is 1. The zero-order valence-electron chi connectivity index (χ0n) is 15.0. The predicted octanol–water partition coefficient (Wildman–Crippen LogP) is 2.53. The maximum absolute atomic E-state index is 13.1. The molecule has 28 heavy (non-hydrogen) atoms. The van der Waals surface area contributed by atoms with Crippen molar-refractivity contribution in [2.24, 2.45) is 11.8 Å². The molecule has 2 bridgehead atoms. The first kappa shape index (κ1) is 17.5. The molecule has 2 fully saturated rings. The van der Waals surface area contributed by atoms with Crippen LogP contribution in [0.25, 0.3) is 0 Å². The van der Waals surface area contributed by atoms with Gasteiger partial charge in [-0.25, -0.2) is 0 Å². The van der Waals surface area contributed by atoms with Crippen molar-refractivity contribution in [3.63, 3.8) is 0 Å². The molecule has 4 atom stereocenters. The number of carbonyl (C=O) groups is 2. The van der Waals surface area contributed by atoms with E-state index >= 15 is 0 Å². The minimum atomic E-state index is -0.712. The number of rotatable bonds is 5. The lowest BCUT2D eigenvalue weighted by molar-refractivity contribution is -0.138. The van der Waals surface area contributed by atoms with E-state index in [2.05, 4.69) is 5.32 Å². The highest BCUT2D eigenvalue weighted by Gasteiger charge is 2.66. The normalized spacial score (nSPS) is 30.1. The molecule has 144 valence electrons. The number of nitrogens with one attached hydrogen (secondary N) is 1. The van der Waals surface area contributed by atoms with Gasteiger partial charge in [-0.05, 0) is 29.8 Å². The minimum Gasteiger partial charge on any atom is -0.467 e. The maximum Gasteiger partial charge on any atom is 0.230 e. The second kappa shape index (κ2) is 6.50. The molecular weight excluding hydrogens is 380 g/mol. The first-order chi connectivity index (χ1) is 13.6. The molecule has 3 aliphatic heterocycles. The van der Waals surface area contributed by atoms with Crippen LogP contribution in [0.4, 0.5) is 0 Å². The van der Waals surface area contributed by atoms with Crippen LogP contribution in [0.2, 0.25) is 5.02 Å². The van der Waals surface area contributed by atoms with Gasteiger partial charge in [-0.3, -0.25) is 9.59 Å². The SMILES string of the molecule is O=C(NCc1ccc(Cl)cc1)[C@H]1[C@H]2C(=O)N(Cc3ccco3)C[C@@]23C=C[C@H]1O3. The number of hydrogen-bond acceptors (Lipinski definition) is 4. The van der Waals surface area contributed by atoms with Gasteiger partial charge in [-0.2, -0.15) is 0 Å². The van der Waals surface area contributed by atoms with Gasteiger partial charge in [-0.15, -0.1) is 0 Å². The Morgan fingerprint density at radius 2 is 2.11 bits per heavy atom. The van der Waals surface area contributed by atoms with Crippen molar-refractivity contribution >= 4 is 23.4 Å². The fourth-order valence-corrected chi connectivity index (χ4v) is 4.64. The number of amides is 2. The molecule has 2 saturated heterocycles. The summed E-state index contributed by atoms with van der Waals surface area (Å²) in [4.78, 5) is 27.8. The Kier molecular flexibility index (Phi) is 4.07. The summed E-state index contributed by atoms with van der Waals surface area (Å²) >= 11 is 5.90. The van der Waals surface area contributed by atoms with E-state index in [-0.39, 0.29) is 17.9 Å². The standard InChI is InChI=1S/C21H19ClN2O4/c22-14-5-3-13(4-6-14)10-23-19(25)17-16-7-8-21(28-16)12-24(20(26)18(17)21)11-15-2-1-9-27-15/h1-9,16-18H,10-12H2,(H,23,25)/t16-,17-,18+,21+/m1/s1. The monoisotopic (exact) mass is 398 g/mol. The number of furan rings is 1. The van der Waals surface area contributed by atoms with Crippen LogP contribution >= 0.6 is 11.6 Å². The second-order valence-corrected chi connectivity index (χ2v) is 7.95. The molecule has 1 aromatic carbocycles. The van der Waals surface area contributed by atoms with Crippen LogP contribution in [0.1, 0.15) is 11.3 Å². The molecule has 1 aromatic heterocycles. The molecule has 4 heterocycles. The van der Waals surface area contributed by atoms with Gasteiger partial charge in [0.05, 0.1) is 37.3 Å². The van der Waals surface area contributed by atoms with Crippen LogP contribution in [-0.4, -0.2) is 35.0 Å². The van der Waals surface area contributed by atoms with Gasteiger partial charge in [-0.1, -0.05) is 35.9 Å². The van der Waals surface area contributed by atoms with Gasteiger partial charge in [0.1, 0.15) is 11.4 Å². The van der Waals surface area contributed by atoms with Crippen molar-refractivity contribution in [2.45, 2.75) is 24.8 Å². The van der Waals surface area contributed by atoms with Crippen LogP contribution in [0.5, 0.6) is 0 Å². The van der Waals surface area contributed by atoms with Crippen LogP contribution in [0.3, 0.4) is 0 Å². The van der Waals surface area contributed by atoms with Crippen molar-refractivity contribution in [1.29, 1.82) is 0 Å². The molecule has 5 rings (SSSR count). The van der Waals surface area contributed by atoms with E-state index in [1.807, 2.05) is 30.4 Å².